The fourth-order valence-corrected chi connectivity index (χ4v) is 22.4. The predicted octanol–water partition coefficient (Wildman–Crippen LogP) is 9.27. The average Bonchev–Trinajstić information content (AvgIpc) is 3.47. The molecule has 302 valence electrons. The zero-order valence-corrected chi connectivity index (χ0v) is 39.5. The molecule has 10 aromatic carbocycles. The molecule has 0 saturated carbocycles. The zero-order chi connectivity index (χ0) is 42.4. The van der Waals surface area contributed by atoms with Gasteiger partial charge in [-0.1, -0.05) is 0 Å². The quantitative estimate of drug-likeness (QED) is 0.0860. The van der Waals surface area contributed by atoms with Crippen LogP contribution in [0.4, 0.5) is 0 Å². The Balaban J connectivity index is 1.38. The number of halogens is 1. The van der Waals surface area contributed by atoms with E-state index in [0.717, 1.165) is 54.5 Å². The molecule has 0 bridgehead atoms. The predicted molar refractivity (Wildman–Crippen MR) is 274 cm³/mol. The summed E-state index contributed by atoms with van der Waals surface area (Å²) in [5, 5.41) is 10.7. The van der Waals surface area contributed by atoms with E-state index < -0.39 is 21.5 Å². The van der Waals surface area contributed by atoms with Crippen molar-refractivity contribution in [2.24, 2.45) is 0 Å². The third-order valence-corrected chi connectivity index (χ3v) is 24.4. The van der Waals surface area contributed by atoms with E-state index in [1.165, 1.54) is 31.1 Å². The molecule has 0 N–H and O–H groups in total. The first kappa shape index (κ1) is 39.8. The molecule has 63 heavy (non-hydrogen) atoms. The molecule has 0 aromatic heterocycles. The molecule has 0 unspecified atom stereocenters. The van der Waals surface area contributed by atoms with E-state index >= 15 is 0 Å². The molecule has 0 aliphatic carbocycles. The van der Waals surface area contributed by atoms with Crippen molar-refractivity contribution in [1.29, 1.82) is 0 Å². The number of rotatable bonds is 8. The molecule has 7 heteroatoms. The first-order valence-electron chi connectivity index (χ1n) is 21.1. The van der Waals surface area contributed by atoms with Crippen LogP contribution in [-0.2, 0) is 0 Å². The summed E-state index contributed by atoms with van der Waals surface area (Å²) in [4.78, 5) is 0. The van der Waals surface area contributed by atoms with Crippen LogP contribution in [0.5, 0.6) is 11.5 Å². The first-order valence-corrected chi connectivity index (χ1v) is 29.9. The van der Waals surface area contributed by atoms with Crippen molar-refractivity contribution in [3.8, 4) is 22.6 Å². The van der Waals surface area contributed by atoms with Crippen LogP contribution in [0.1, 0.15) is 0 Å². The standard InChI is InChI=1S/C56H40ClO2PSeSi2/c57-60(61)58-55-51(62(43-25-7-1-8-26-43,44-27-9-2-10-28-44)45-29-11-3-12-30-45)39-41-23-19-21-37-49(41)53(55)54-50-38-22-20-24-42(50)40-52(56(54)59-60)63(46-31-13-4-14-32-46,47-33-15-5-16-34-47)48-35-17-6-18-36-48/h1-40H. The van der Waals surface area contributed by atoms with Crippen LogP contribution in [0.15, 0.2) is 243 Å². The van der Waals surface area contributed by atoms with Crippen LogP contribution >= 0.6 is 16.6 Å². The number of fused-ring (bicyclic) bond motifs is 7. The normalized spacial score (nSPS) is 13.3. The van der Waals surface area contributed by atoms with Crippen LogP contribution in [0.3, 0.4) is 0 Å². The Bertz CT molecular complexity index is 2910. The van der Waals surface area contributed by atoms with Gasteiger partial charge in [-0.3, -0.25) is 0 Å². The van der Waals surface area contributed by atoms with Crippen molar-refractivity contribution < 1.29 is 9.05 Å². The van der Waals surface area contributed by atoms with Gasteiger partial charge in [0.05, 0.1) is 0 Å². The Kier molecular flexibility index (Phi) is 10.3. The van der Waals surface area contributed by atoms with Gasteiger partial charge in [0.2, 0.25) is 0 Å². The molecule has 1 heterocycles. The molecule has 0 spiro atoms. The summed E-state index contributed by atoms with van der Waals surface area (Å²) < 4.78 is 15.0. The molecular formula is C56H40ClO2PSeSi2. The molecule has 0 fully saturated rings. The van der Waals surface area contributed by atoms with Crippen molar-refractivity contribution in [2.45, 2.75) is 0 Å². The fourth-order valence-electron chi connectivity index (χ4n) is 10.2. The van der Waals surface area contributed by atoms with Crippen molar-refractivity contribution in [2.75, 3.05) is 0 Å². The van der Waals surface area contributed by atoms with E-state index in [9.17, 15) is 0 Å². The average molecular weight is 946 g/mol. The second-order valence-electron chi connectivity index (χ2n) is 16.0. The Hall–Kier alpha value is -6.01. The summed E-state index contributed by atoms with van der Waals surface area (Å²) in [6.45, 7) is 0. The van der Waals surface area contributed by atoms with E-state index in [1.54, 1.807) is 0 Å². The molecule has 1 aliphatic heterocycles. The number of hydrogen-bond acceptors (Lipinski definition) is 2. The summed E-state index contributed by atoms with van der Waals surface area (Å²) in [6.07, 6.45) is 0. The monoisotopic (exact) mass is 946 g/mol. The zero-order valence-electron chi connectivity index (χ0n) is 34.1. The Morgan fingerprint density at radius 1 is 0.333 bits per heavy atom. The van der Waals surface area contributed by atoms with Crippen LogP contribution in [0.2, 0.25) is 0 Å². The second kappa shape index (κ2) is 16.3. The van der Waals surface area contributed by atoms with Gasteiger partial charge in [0, 0.05) is 0 Å². The molecule has 1 aliphatic rings. The van der Waals surface area contributed by atoms with Crippen LogP contribution < -0.4 is 50.5 Å². The molecule has 0 saturated heterocycles. The SMILES string of the molecule is ClP1(=[Se])Oc2c([Si](c3ccccc3)(c3ccccc3)c3ccccc3)cc3ccccc3c2-c2c(c([Si](c3ccccc3)(c3ccccc3)c3ccccc3)cc3ccccc23)O1. The van der Waals surface area contributed by atoms with Crippen molar-refractivity contribution in [3.05, 3.63) is 243 Å². The van der Waals surface area contributed by atoms with Gasteiger partial charge in [-0.05, 0) is 0 Å². The molecule has 0 atom stereocenters. The van der Waals surface area contributed by atoms with Crippen molar-refractivity contribution in [3.63, 3.8) is 0 Å². The third-order valence-electron chi connectivity index (χ3n) is 12.7. The van der Waals surface area contributed by atoms with Gasteiger partial charge in [0.25, 0.3) is 0 Å². The topological polar surface area (TPSA) is 18.5 Å². The summed E-state index contributed by atoms with van der Waals surface area (Å²) >= 11 is 11.2. The van der Waals surface area contributed by atoms with Gasteiger partial charge in [-0.15, -0.1) is 0 Å². The summed E-state index contributed by atoms with van der Waals surface area (Å²) in [5.74, 6) is 1.51. The fraction of sp³-hybridized carbons (Fsp3) is 0. The van der Waals surface area contributed by atoms with E-state index in [0.29, 0.717) is 0 Å². The Labute approximate surface area is 382 Å². The minimum absolute atomic E-state index is 0.756. The second-order valence-corrected chi connectivity index (χ2v) is 30.5. The molecule has 0 radical (unpaired) electrons. The Morgan fingerprint density at radius 2 is 0.571 bits per heavy atom. The van der Waals surface area contributed by atoms with Crippen molar-refractivity contribution in [1.82, 2.24) is 0 Å². The molecule has 0 amide bonds. The summed E-state index contributed by atoms with van der Waals surface area (Å²) in [7, 11) is -6.41. The maximum absolute atomic E-state index is 7.90. The molecule has 11 rings (SSSR count). The van der Waals surface area contributed by atoms with E-state index in [2.05, 4.69) is 258 Å². The van der Waals surface area contributed by atoms with Crippen LogP contribution in [0.25, 0.3) is 32.7 Å². The van der Waals surface area contributed by atoms with E-state index in [-0.39, 0.29) is 0 Å². The van der Waals surface area contributed by atoms with Crippen LogP contribution in [0, 0.1) is 0 Å². The van der Waals surface area contributed by atoms with Gasteiger partial charge in [-0.25, -0.2) is 0 Å². The summed E-state index contributed by atoms with van der Waals surface area (Å²) in [5.41, 5.74) is 1.98. The third kappa shape index (κ3) is 6.54. The Morgan fingerprint density at radius 3 is 0.841 bits per heavy atom. The molecular weight excluding hydrogens is 906 g/mol. The first-order chi connectivity index (χ1) is 31.0. The van der Waals surface area contributed by atoms with Gasteiger partial charge in [-0.2, -0.15) is 0 Å². The van der Waals surface area contributed by atoms with Crippen LogP contribution in [-0.4, -0.2) is 31.2 Å². The number of benzene rings is 10. The van der Waals surface area contributed by atoms with E-state index in [1.807, 2.05) is 0 Å². The van der Waals surface area contributed by atoms with Crippen molar-refractivity contribution >= 4 is 111 Å². The van der Waals surface area contributed by atoms with Gasteiger partial charge >= 0.3 is 385 Å². The molecule has 10 aromatic rings. The maximum atomic E-state index is 7.90. The number of hydrogen-bond donors (Lipinski definition) is 0. The van der Waals surface area contributed by atoms with E-state index in [4.69, 9.17) is 20.3 Å². The van der Waals surface area contributed by atoms with Gasteiger partial charge in [0.15, 0.2) is 0 Å². The minimum atomic E-state index is -3.35. The van der Waals surface area contributed by atoms with Gasteiger partial charge < -0.3 is 0 Å². The molecule has 2 nitrogen and oxygen atoms in total. The van der Waals surface area contributed by atoms with Gasteiger partial charge in [0.1, 0.15) is 0 Å². The summed E-state index contributed by atoms with van der Waals surface area (Å²) in [6, 6.07) is 88.4.